The second-order valence-electron chi connectivity index (χ2n) is 5.55. The van der Waals surface area contributed by atoms with Crippen LogP contribution < -0.4 is 10.9 Å². The van der Waals surface area contributed by atoms with Crippen LogP contribution in [0.25, 0.3) is 5.69 Å². The quantitative estimate of drug-likeness (QED) is 0.569. The lowest BCUT2D eigenvalue weighted by molar-refractivity contribution is -0.120. The van der Waals surface area contributed by atoms with Gasteiger partial charge < -0.3 is 0 Å². The minimum absolute atomic E-state index is 0.195. The molecule has 2 N–H and O–H groups in total. The average Bonchev–Trinajstić information content (AvgIpc) is 3.09. The summed E-state index contributed by atoms with van der Waals surface area (Å²) in [5, 5.41) is 5.39. The zero-order chi connectivity index (χ0) is 18.5. The number of hydrazine groups is 1. The SMILES string of the molecule is O=C(CCc1cnn(-c2ccccc2)c1)NNc1c(Cl)cc(Cl)cc1Cl. The van der Waals surface area contributed by atoms with Crippen LogP contribution in [0.5, 0.6) is 0 Å². The Balaban J connectivity index is 1.53. The maximum Gasteiger partial charge on any atom is 0.238 e. The third kappa shape index (κ3) is 4.69. The summed E-state index contributed by atoms with van der Waals surface area (Å²) in [6.45, 7) is 0. The number of nitrogens with zero attached hydrogens (tertiary/aromatic N) is 2. The molecule has 8 heteroatoms. The van der Waals surface area contributed by atoms with E-state index in [2.05, 4.69) is 16.0 Å². The van der Waals surface area contributed by atoms with Crippen molar-refractivity contribution < 1.29 is 4.79 Å². The van der Waals surface area contributed by atoms with E-state index in [0.29, 0.717) is 27.2 Å². The Morgan fingerprint density at radius 1 is 1.08 bits per heavy atom. The number of benzene rings is 2. The van der Waals surface area contributed by atoms with Crippen molar-refractivity contribution in [2.75, 3.05) is 5.43 Å². The molecule has 0 atom stereocenters. The van der Waals surface area contributed by atoms with Gasteiger partial charge >= 0.3 is 0 Å². The number of hydrogen-bond acceptors (Lipinski definition) is 3. The molecule has 5 nitrogen and oxygen atoms in total. The molecule has 1 aromatic heterocycles. The van der Waals surface area contributed by atoms with Gasteiger partial charge in [0.05, 0.1) is 27.6 Å². The van der Waals surface area contributed by atoms with E-state index in [-0.39, 0.29) is 12.3 Å². The van der Waals surface area contributed by atoms with Gasteiger partial charge in [-0.25, -0.2) is 4.68 Å². The van der Waals surface area contributed by atoms with Crippen molar-refractivity contribution in [2.45, 2.75) is 12.8 Å². The number of carbonyl (C=O) groups excluding carboxylic acids is 1. The van der Waals surface area contributed by atoms with Crippen LogP contribution in [0.15, 0.2) is 54.9 Å². The number of aryl methyl sites for hydroxylation is 1. The van der Waals surface area contributed by atoms with E-state index in [0.717, 1.165) is 11.3 Å². The number of anilines is 1. The van der Waals surface area contributed by atoms with Gasteiger partial charge in [0.2, 0.25) is 5.91 Å². The van der Waals surface area contributed by atoms with Crippen LogP contribution in [0.4, 0.5) is 5.69 Å². The van der Waals surface area contributed by atoms with Gasteiger partial charge in [-0.2, -0.15) is 5.10 Å². The Morgan fingerprint density at radius 3 is 2.46 bits per heavy atom. The van der Waals surface area contributed by atoms with Gasteiger partial charge in [0, 0.05) is 17.6 Å². The molecule has 0 aliphatic carbocycles. The molecule has 2 aromatic carbocycles. The Hall–Kier alpha value is -2.21. The number of carbonyl (C=O) groups is 1. The lowest BCUT2D eigenvalue weighted by Crippen LogP contribution is -2.29. The highest BCUT2D eigenvalue weighted by molar-refractivity contribution is 6.41. The Kier molecular flexibility index (Phi) is 6.04. The summed E-state index contributed by atoms with van der Waals surface area (Å²) < 4.78 is 1.78. The summed E-state index contributed by atoms with van der Waals surface area (Å²) in [6.07, 6.45) is 4.50. The van der Waals surface area contributed by atoms with Crippen molar-refractivity contribution in [3.63, 3.8) is 0 Å². The summed E-state index contributed by atoms with van der Waals surface area (Å²) in [6, 6.07) is 12.9. The van der Waals surface area contributed by atoms with Gasteiger partial charge in [-0.1, -0.05) is 53.0 Å². The van der Waals surface area contributed by atoms with Gasteiger partial charge in [-0.3, -0.25) is 15.6 Å². The number of amides is 1. The molecule has 0 saturated heterocycles. The molecule has 0 spiro atoms. The average molecular weight is 410 g/mol. The first-order chi connectivity index (χ1) is 12.5. The van der Waals surface area contributed by atoms with Gasteiger partial charge in [0.15, 0.2) is 0 Å². The highest BCUT2D eigenvalue weighted by atomic mass is 35.5. The van der Waals surface area contributed by atoms with Crippen molar-refractivity contribution in [3.8, 4) is 5.69 Å². The smallest absolute Gasteiger partial charge is 0.238 e. The predicted molar refractivity (Wildman–Crippen MR) is 105 cm³/mol. The maximum absolute atomic E-state index is 12.0. The predicted octanol–water partition coefficient (Wildman–Crippen LogP) is 4.91. The highest BCUT2D eigenvalue weighted by Crippen LogP contribution is 2.33. The summed E-state index contributed by atoms with van der Waals surface area (Å²) >= 11 is 18.0. The van der Waals surface area contributed by atoms with Crippen LogP contribution in [0, 0.1) is 0 Å². The number of halogens is 3. The summed E-state index contributed by atoms with van der Waals surface area (Å²) in [5.74, 6) is -0.195. The van der Waals surface area contributed by atoms with Crippen LogP contribution in [0.1, 0.15) is 12.0 Å². The van der Waals surface area contributed by atoms with E-state index in [4.69, 9.17) is 34.8 Å². The minimum Gasteiger partial charge on any atom is -0.296 e. The topological polar surface area (TPSA) is 59.0 Å². The molecule has 134 valence electrons. The number of hydrogen-bond donors (Lipinski definition) is 2. The van der Waals surface area contributed by atoms with Crippen LogP contribution >= 0.6 is 34.8 Å². The lowest BCUT2D eigenvalue weighted by Gasteiger charge is -2.12. The second-order valence-corrected chi connectivity index (χ2v) is 6.80. The Morgan fingerprint density at radius 2 is 1.77 bits per heavy atom. The number of aromatic nitrogens is 2. The van der Waals surface area contributed by atoms with E-state index in [9.17, 15) is 4.79 Å². The minimum atomic E-state index is -0.195. The molecule has 0 aliphatic rings. The molecular formula is C18H15Cl3N4O. The lowest BCUT2D eigenvalue weighted by atomic mass is 10.2. The fourth-order valence-electron chi connectivity index (χ4n) is 2.33. The normalized spacial score (nSPS) is 10.6. The molecule has 0 aliphatic heterocycles. The third-order valence-corrected chi connectivity index (χ3v) is 4.45. The number of nitrogens with one attached hydrogen (secondary N) is 2. The molecule has 1 heterocycles. The molecule has 0 fully saturated rings. The van der Waals surface area contributed by atoms with Crippen LogP contribution in [-0.2, 0) is 11.2 Å². The zero-order valence-electron chi connectivity index (χ0n) is 13.5. The van der Waals surface area contributed by atoms with E-state index in [1.807, 2.05) is 36.5 Å². The van der Waals surface area contributed by atoms with Gasteiger partial charge in [-0.15, -0.1) is 0 Å². The monoisotopic (exact) mass is 408 g/mol. The first-order valence-corrected chi connectivity index (χ1v) is 8.94. The molecular weight excluding hydrogens is 395 g/mol. The third-order valence-electron chi connectivity index (χ3n) is 3.63. The molecule has 0 unspecified atom stereocenters. The fourth-order valence-corrected chi connectivity index (χ4v) is 3.24. The van der Waals surface area contributed by atoms with Crippen LogP contribution in [-0.4, -0.2) is 15.7 Å². The summed E-state index contributed by atoms with van der Waals surface area (Å²) in [4.78, 5) is 12.0. The molecule has 3 rings (SSSR count). The molecule has 26 heavy (non-hydrogen) atoms. The largest absolute Gasteiger partial charge is 0.296 e. The van der Waals surface area contributed by atoms with Crippen molar-refractivity contribution in [1.29, 1.82) is 0 Å². The number of para-hydroxylation sites is 1. The maximum atomic E-state index is 12.0. The zero-order valence-corrected chi connectivity index (χ0v) is 15.8. The first-order valence-electron chi connectivity index (χ1n) is 7.81. The van der Waals surface area contributed by atoms with E-state index < -0.39 is 0 Å². The highest BCUT2D eigenvalue weighted by Gasteiger charge is 2.10. The summed E-state index contributed by atoms with van der Waals surface area (Å²) in [7, 11) is 0. The van der Waals surface area contributed by atoms with Crippen molar-refractivity contribution in [1.82, 2.24) is 15.2 Å². The summed E-state index contributed by atoms with van der Waals surface area (Å²) in [5.41, 5.74) is 7.65. The van der Waals surface area contributed by atoms with Gasteiger partial charge in [0.25, 0.3) is 0 Å². The van der Waals surface area contributed by atoms with Crippen LogP contribution in [0.2, 0.25) is 15.1 Å². The van der Waals surface area contributed by atoms with Crippen molar-refractivity contribution >= 4 is 46.4 Å². The molecule has 3 aromatic rings. The van der Waals surface area contributed by atoms with Crippen molar-refractivity contribution in [3.05, 3.63) is 75.5 Å². The van der Waals surface area contributed by atoms with Gasteiger partial charge in [0.1, 0.15) is 0 Å². The standard InChI is InChI=1S/C18H15Cl3N4O/c19-13-8-15(20)18(16(21)9-13)24-23-17(26)7-6-12-10-22-25(11-12)14-4-2-1-3-5-14/h1-5,8-11,24H,6-7H2,(H,23,26). The van der Waals surface area contributed by atoms with E-state index in [1.165, 1.54) is 0 Å². The van der Waals surface area contributed by atoms with E-state index >= 15 is 0 Å². The van der Waals surface area contributed by atoms with Gasteiger partial charge in [-0.05, 0) is 36.2 Å². The first kappa shape index (κ1) is 18.6. The van der Waals surface area contributed by atoms with E-state index in [1.54, 1.807) is 23.0 Å². The molecule has 0 bridgehead atoms. The molecule has 0 saturated carbocycles. The Labute approximate surface area is 165 Å². The van der Waals surface area contributed by atoms with Crippen molar-refractivity contribution in [2.24, 2.45) is 0 Å². The van der Waals surface area contributed by atoms with Crippen LogP contribution in [0.3, 0.4) is 0 Å². The molecule has 1 amide bonds. The Bertz CT molecular complexity index is 889. The second kappa shape index (κ2) is 8.45. The number of rotatable bonds is 6. The fraction of sp³-hybridized carbons (Fsp3) is 0.111. The molecule has 0 radical (unpaired) electrons.